The number of rotatable bonds is 3. The van der Waals surface area contributed by atoms with Crippen molar-refractivity contribution in [1.29, 1.82) is 0 Å². The highest BCUT2D eigenvalue weighted by atomic mass is 16.5. The quantitative estimate of drug-likeness (QED) is 0.719. The Bertz CT molecular complexity index is 298. The maximum absolute atomic E-state index is 11.6. The van der Waals surface area contributed by atoms with E-state index in [1.54, 1.807) is 0 Å². The maximum Gasteiger partial charge on any atom is 0.309 e. The van der Waals surface area contributed by atoms with Crippen molar-refractivity contribution >= 4 is 11.8 Å². The van der Waals surface area contributed by atoms with Crippen LogP contribution < -0.4 is 0 Å². The molecule has 0 aromatic rings. The monoisotopic (exact) mass is 253 g/mol. The first-order chi connectivity index (χ1) is 8.70. The summed E-state index contributed by atoms with van der Waals surface area (Å²) in [5.74, 6) is 0.468. The minimum Gasteiger partial charge on any atom is -0.466 e. The number of likely N-dealkylation sites (tertiary alicyclic amines) is 1. The van der Waals surface area contributed by atoms with Gasteiger partial charge in [-0.15, -0.1) is 0 Å². The summed E-state index contributed by atoms with van der Waals surface area (Å²) in [4.78, 5) is 25.3. The second-order valence-electron chi connectivity index (χ2n) is 5.33. The molecule has 0 aromatic carbocycles. The number of hydrogen-bond acceptors (Lipinski definition) is 4. The molecule has 102 valence electrons. The maximum atomic E-state index is 11.6. The summed E-state index contributed by atoms with van der Waals surface area (Å²) in [6.45, 7) is 4.28. The molecule has 2 rings (SSSR count). The molecule has 2 aliphatic rings. The number of piperidine rings is 1. The Balaban J connectivity index is 1.76. The third-order valence-electron chi connectivity index (χ3n) is 4.18. The summed E-state index contributed by atoms with van der Waals surface area (Å²) >= 11 is 0. The van der Waals surface area contributed by atoms with Crippen LogP contribution in [0.3, 0.4) is 0 Å². The molecular formula is C14H23NO3. The molecule has 4 heteroatoms. The normalized spacial score (nSPS) is 24.2. The van der Waals surface area contributed by atoms with Gasteiger partial charge in [-0.3, -0.25) is 9.59 Å². The molecule has 0 unspecified atom stereocenters. The van der Waals surface area contributed by atoms with E-state index >= 15 is 0 Å². The minimum atomic E-state index is -0.0315. The van der Waals surface area contributed by atoms with E-state index in [0.717, 1.165) is 51.6 Å². The van der Waals surface area contributed by atoms with Gasteiger partial charge in [0.1, 0.15) is 5.78 Å². The van der Waals surface area contributed by atoms with Gasteiger partial charge in [-0.2, -0.15) is 0 Å². The predicted molar refractivity (Wildman–Crippen MR) is 68.2 cm³/mol. The number of esters is 1. The summed E-state index contributed by atoms with van der Waals surface area (Å²) in [6.07, 6.45) is 5.29. The van der Waals surface area contributed by atoms with E-state index in [2.05, 4.69) is 4.90 Å². The average Bonchev–Trinajstić information content (AvgIpc) is 2.40. The molecule has 0 radical (unpaired) electrons. The standard InChI is InChI=1S/C14H23NO3/c1-2-18-14(17)11-7-9-15(10-8-11)12-3-5-13(16)6-4-12/h11-12H,2-10H2,1H3. The molecule has 1 heterocycles. The van der Waals surface area contributed by atoms with Gasteiger partial charge in [-0.25, -0.2) is 0 Å². The summed E-state index contributed by atoms with van der Waals surface area (Å²) < 4.78 is 5.07. The van der Waals surface area contributed by atoms with Gasteiger partial charge in [0.05, 0.1) is 12.5 Å². The van der Waals surface area contributed by atoms with Crippen LogP contribution in [0.25, 0.3) is 0 Å². The van der Waals surface area contributed by atoms with E-state index < -0.39 is 0 Å². The molecule has 4 nitrogen and oxygen atoms in total. The van der Waals surface area contributed by atoms with Crippen LogP contribution in [-0.4, -0.2) is 42.4 Å². The molecule has 0 bridgehead atoms. The van der Waals surface area contributed by atoms with E-state index in [1.165, 1.54) is 0 Å². The Morgan fingerprint density at radius 1 is 1.22 bits per heavy atom. The Morgan fingerprint density at radius 2 is 1.83 bits per heavy atom. The average molecular weight is 253 g/mol. The van der Waals surface area contributed by atoms with Crippen molar-refractivity contribution in [2.75, 3.05) is 19.7 Å². The molecule has 18 heavy (non-hydrogen) atoms. The lowest BCUT2D eigenvalue weighted by Gasteiger charge is -2.38. The van der Waals surface area contributed by atoms with Gasteiger partial charge in [-0.1, -0.05) is 0 Å². The highest BCUT2D eigenvalue weighted by molar-refractivity contribution is 5.79. The number of nitrogens with zero attached hydrogens (tertiary/aromatic N) is 1. The first kappa shape index (κ1) is 13.5. The smallest absolute Gasteiger partial charge is 0.309 e. The third kappa shape index (κ3) is 3.31. The van der Waals surface area contributed by atoms with Crippen LogP contribution >= 0.6 is 0 Å². The molecule has 1 aliphatic heterocycles. The highest BCUT2D eigenvalue weighted by Gasteiger charge is 2.31. The minimum absolute atomic E-state index is 0.0315. The largest absolute Gasteiger partial charge is 0.466 e. The van der Waals surface area contributed by atoms with Crippen LogP contribution in [0.1, 0.15) is 45.4 Å². The van der Waals surface area contributed by atoms with E-state index in [1.807, 2.05) is 6.92 Å². The zero-order valence-electron chi connectivity index (χ0n) is 11.2. The lowest BCUT2D eigenvalue weighted by molar-refractivity contribution is -0.149. The Hall–Kier alpha value is -0.900. The topological polar surface area (TPSA) is 46.6 Å². The van der Waals surface area contributed by atoms with Crippen molar-refractivity contribution in [3.8, 4) is 0 Å². The van der Waals surface area contributed by atoms with Crippen LogP contribution in [-0.2, 0) is 14.3 Å². The van der Waals surface area contributed by atoms with E-state index in [4.69, 9.17) is 4.74 Å². The SMILES string of the molecule is CCOC(=O)C1CCN(C2CCC(=O)CC2)CC1. The molecule has 0 atom stereocenters. The molecule has 1 saturated carbocycles. The van der Waals surface area contributed by atoms with E-state index in [-0.39, 0.29) is 11.9 Å². The molecule has 0 N–H and O–H groups in total. The van der Waals surface area contributed by atoms with Crippen LogP contribution in [0, 0.1) is 5.92 Å². The molecule has 1 saturated heterocycles. The first-order valence-corrected chi connectivity index (χ1v) is 7.13. The predicted octanol–water partition coefficient (Wildman–Crippen LogP) is 1.77. The zero-order chi connectivity index (χ0) is 13.0. The van der Waals surface area contributed by atoms with Gasteiger partial charge >= 0.3 is 5.97 Å². The fourth-order valence-corrected chi connectivity index (χ4v) is 3.05. The van der Waals surface area contributed by atoms with Crippen molar-refractivity contribution in [3.05, 3.63) is 0 Å². The van der Waals surface area contributed by atoms with E-state index in [0.29, 0.717) is 18.4 Å². The lowest BCUT2D eigenvalue weighted by Crippen LogP contribution is -2.44. The van der Waals surface area contributed by atoms with Crippen molar-refractivity contribution in [2.45, 2.75) is 51.5 Å². The number of hydrogen-bond donors (Lipinski definition) is 0. The lowest BCUT2D eigenvalue weighted by atomic mass is 9.89. The number of ketones is 1. The fourth-order valence-electron chi connectivity index (χ4n) is 3.05. The molecule has 0 aromatic heterocycles. The fraction of sp³-hybridized carbons (Fsp3) is 0.857. The number of ether oxygens (including phenoxy) is 1. The molecule has 2 fully saturated rings. The number of carbonyl (C=O) groups excluding carboxylic acids is 2. The van der Waals surface area contributed by atoms with Crippen molar-refractivity contribution in [1.82, 2.24) is 4.90 Å². The van der Waals surface area contributed by atoms with Crippen molar-refractivity contribution in [2.24, 2.45) is 5.92 Å². The summed E-state index contributed by atoms with van der Waals surface area (Å²) in [5, 5.41) is 0. The van der Waals surface area contributed by atoms with Gasteiger partial charge in [0.15, 0.2) is 0 Å². The summed E-state index contributed by atoms with van der Waals surface area (Å²) in [7, 11) is 0. The molecule has 0 spiro atoms. The van der Waals surface area contributed by atoms with Crippen LogP contribution in [0.5, 0.6) is 0 Å². The zero-order valence-corrected chi connectivity index (χ0v) is 11.2. The third-order valence-corrected chi connectivity index (χ3v) is 4.18. The number of carbonyl (C=O) groups is 2. The Morgan fingerprint density at radius 3 is 2.39 bits per heavy atom. The van der Waals surface area contributed by atoms with Gasteiger partial charge in [0.2, 0.25) is 0 Å². The Kier molecular flexibility index (Phi) is 4.75. The molecular weight excluding hydrogens is 230 g/mol. The van der Waals surface area contributed by atoms with Gasteiger partial charge < -0.3 is 9.64 Å². The van der Waals surface area contributed by atoms with Crippen molar-refractivity contribution < 1.29 is 14.3 Å². The van der Waals surface area contributed by atoms with Gasteiger partial charge in [0, 0.05) is 18.9 Å². The first-order valence-electron chi connectivity index (χ1n) is 7.13. The molecule has 0 amide bonds. The second kappa shape index (κ2) is 6.32. The van der Waals surface area contributed by atoms with Crippen LogP contribution in [0.15, 0.2) is 0 Å². The second-order valence-corrected chi connectivity index (χ2v) is 5.33. The van der Waals surface area contributed by atoms with Crippen LogP contribution in [0.2, 0.25) is 0 Å². The van der Waals surface area contributed by atoms with Crippen molar-refractivity contribution in [3.63, 3.8) is 0 Å². The summed E-state index contributed by atoms with van der Waals surface area (Å²) in [6, 6.07) is 0.561. The van der Waals surface area contributed by atoms with Crippen LogP contribution in [0.4, 0.5) is 0 Å². The summed E-state index contributed by atoms with van der Waals surface area (Å²) in [5.41, 5.74) is 0. The highest BCUT2D eigenvalue weighted by Crippen LogP contribution is 2.26. The van der Waals surface area contributed by atoms with Gasteiger partial charge in [-0.05, 0) is 45.7 Å². The van der Waals surface area contributed by atoms with Gasteiger partial charge in [0.25, 0.3) is 0 Å². The number of Topliss-reactive ketones (excluding diaryl/α,β-unsaturated/α-hetero) is 1. The Labute approximate surface area is 109 Å². The van der Waals surface area contributed by atoms with E-state index in [9.17, 15) is 9.59 Å². The molecule has 1 aliphatic carbocycles.